The Labute approximate surface area is 125 Å². The van der Waals surface area contributed by atoms with E-state index in [1.807, 2.05) is 13.8 Å². The quantitative estimate of drug-likeness (QED) is 0.746. The van der Waals surface area contributed by atoms with Crippen molar-refractivity contribution >= 4 is 17.8 Å². The molecular formula is C15H26N2O4. The van der Waals surface area contributed by atoms with Crippen LogP contribution in [0.5, 0.6) is 0 Å². The lowest BCUT2D eigenvalue weighted by Crippen LogP contribution is -2.52. The first-order valence-corrected chi connectivity index (χ1v) is 7.73. The summed E-state index contributed by atoms with van der Waals surface area (Å²) >= 11 is 0. The van der Waals surface area contributed by atoms with Gasteiger partial charge in [-0.15, -0.1) is 0 Å². The van der Waals surface area contributed by atoms with Gasteiger partial charge in [0.15, 0.2) is 0 Å². The van der Waals surface area contributed by atoms with Crippen LogP contribution in [0.3, 0.4) is 0 Å². The summed E-state index contributed by atoms with van der Waals surface area (Å²) in [4.78, 5) is 36.6. The number of hydrogen-bond donors (Lipinski definition) is 2. The van der Waals surface area contributed by atoms with Gasteiger partial charge in [0.1, 0.15) is 0 Å². The Morgan fingerprint density at radius 3 is 2.48 bits per heavy atom. The van der Waals surface area contributed by atoms with Crippen LogP contribution in [0.1, 0.15) is 58.8 Å². The Hall–Kier alpha value is -1.59. The molecule has 0 aromatic carbocycles. The van der Waals surface area contributed by atoms with Crippen LogP contribution in [0.15, 0.2) is 0 Å². The molecule has 6 heteroatoms. The van der Waals surface area contributed by atoms with Gasteiger partial charge in [0.2, 0.25) is 11.8 Å². The Kier molecular flexibility index (Phi) is 6.65. The zero-order valence-corrected chi connectivity index (χ0v) is 13.0. The van der Waals surface area contributed by atoms with Crippen LogP contribution in [0, 0.1) is 0 Å². The molecule has 1 aliphatic heterocycles. The molecule has 0 saturated carbocycles. The van der Waals surface area contributed by atoms with Gasteiger partial charge in [-0.25, -0.2) is 0 Å². The highest BCUT2D eigenvalue weighted by Gasteiger charge is 2.31. The van der Waals surface area contributed by atoms with Crippen molar-refractivity contribution in [3.63, 3.8) is 0 Å². The number of carbonyl (C=O) groups is 3. The van der Waals surface area contributed by atoms with Crippen LogP contribution in [0.2, 0.25) is 0 Å². The van der Waals surface area contributed by atoms with Crippen molar-refractivity contribution in [2.45, 2.75) is 64.3 Å². The zero-order valence-electron chi connectivity index (χ0n) is 13.0. The second kappa shape index (κ2) is 8.00. The van der Waals surface area contributed by atoms with E-state index in [0.717, 1.165) is 19.3 Å². The van der Waals surface area contributed by atoms with Crippen LogP contribution in [-0.4, -0.2) is 46.4 Å². The molecule has 2 N–H and O–H groups in total. The van der Waals surface area contributed by atoms with Crippen molar-refractivity contribution in [2.24, 2.45) is 0 Å². The van der Waals surface area contributed by atoms with Crippen LogP contribution >= 0.6 is 0 Å². The number of aliphatic carboxylic acids is 1. The third-order valence-electron chi connectivity index (χ3n) is 4.25. The summed E-state index contributed by atoms with van der Waals surface area (Å²) < 4.78 is 0. The topological polar surface area (TPSA) is 86.7 Å². The van der Waals surface area contributed by atoms with Gasteiger partial charge >= 0.3 is 5.97 Å². The number of hydrogen-bond acceptors (Lipinski definition) is 3. The molecule has 0 aliphatic carbocycles. The molecule has 0 aromatic heterocycles. The Bertz CT molecular complexity index is 391. The second-order valence-electron chi connectivity index (χ2n) is 5.73. The Morgan fingerprint density at radius 1 is 1.24 bits per heavy atom. The summed E-state index contributed by atoms with van der Waals surface area (Å²) in [6.45, 7) is 4.37. The number of nitrogens with one attached hydrogen (secondary N) is 1. The third kappa shape index (κ3) is 5.36. The molecule has 1 fully saturated rings. The Balaban J connectivity index is 2.64. The molecule has 2 amide bonds. The van der Waals surface area contributed by atoms with Crippen molar-refractivity contribution in [3.05, 3.63) is 0 Å². The predicted molar refractivity (Wildman–Crippen MR) is 78.8 cm³/mol. The van der Waals surface area contributed by atoms with Crippen molar-refractivity contribution in [3.8, 4) is 0 Å². The van der Waals surface area contributed by atoms with E-state index in [4.69, 9.17) is 5.11 Å². The molecule has 0 atom stereocenters. The average Bonchev–Trinajstić information content (AvgIpc) is 2.62. The van der Waals surface area contributed by atoms with Crippen LogP contribution in [0.4, 0.5) is 0 Å². The molecule has 0 bridgehead atoms. The highest BCUT2D eigenvalue weighted by atomic mass is 16.4. The van der Waals surface area contributed by atoms with Crippen LogP contribution in [0.25, 0.3) is 0 Å². The van der Waals surface area contributed by atoms with Gasteiger partial charge in [0.05, 0.1) is 18.5 Å². The normalized spacial score (nSPS) is 16.5. The molecular weight excluding hydrogens is 272 g/mol. The molecule has 21 heavy (non-hydrogen) atoms. The van der Waals surface area contributed by atoms with Crippen LogP contribution < -0.4 is 5.32 Å². The van der Waals surface area contributed by atoms with Gasteiger partial charge in [-0.05, 0) is 25.7 Å². The largest absolute Gasteiger partial charge is 0.481 e. The molecule has 1 heterocycles. The average molecular weight is 298 g/mol. The summed E-state index contributed by atoms with van der Waals surface area (Å²) in [5.74, 6) is -1.18. The number of amides is 2. The fourth-order valence-electron chi connectivity index (χ4n) is 2.72. The minimum Gasteiger partial charge on any atom is -0.481 e. The SMILES string of the molecule is CCC(CC)(CC(=O)O)NC(=O)CN1CCCCCC1=O. The standard InChI is InChI=1S/C15H26N2O4/c1-3-15(4-2,10-14(20)21)16-12(18)11-17-9-7-5-6-8-13(17)19/h3-11H2,1-2H3,(H,16,18)(H,20,21). The Morgan fingerprint density at radius 2 is 1.90 bits per heavy atom. The molecule has 1 saturated heterocycles. The summed E-state index contributed by atoms with van der Waals surface area (Å²) in [6, 6.07) is 0. The molecule has 0 unspecified atom stereocenters. The second-order valence-corrected chi connectivity index (χ2v) is 5.73. The smallest absolute Gasteiger partial charge is 0.305 e. The molecule has 0 radical (unpaired) electrons. The van der Waals surface area contributed by atoms with Crippen molar-refractivity contribution in [2.75, 3.05) is 13.1 Å². The monoisotopic (exact) mass is 298 g/mol. The number of likely N-dealkylation sites (tertiary alicyclic amines) is 1. The minimum atomic E-state index is -0.926. The first-order valence-electron chi connectivity index (χ1n) is 7.73. The van der Waals surface area contributed by atoms with Crippen molar-refractivity contribution in [1.29, 1.82) is 0 Å². The summed E-state index contributed by atoms with van der Waals surface area (Å²) in [6.07, 6.45) is 4.31. The molecule has 0 aromatic rings. The molecule has 6 nitrogen and oxygen atoms in total. The van der Waals surface area contributed by atoms with Gasteiger partial charge in [-0.3, -0.25) is 14.4 Å². The lowest BCUT2D eigenvalue weighted by Gasteiger charge is -2.32. The molecule has 1 rings (SSSR count). The van der Waals surface area contributed by atoms with Gasteiger partial charge < -0.3 is 15.3 Å². The summed E-state index contributed by atoms with van der Waals surface area (Å²) in [5, 5.41) is 11.8. The number of rotatable bonds is 7. The van der Waals surface area contributed by atoms with E-state index in [9.17, 15) is 14.4 Å². The van der Waals surface area contributed by atoms with E-state index >= 15 is 0 Å². The lowest BCUT2D eigenvalue weighted by atomic mass is 9.89. The van der Waals surface area contributed by atoms with Gasteiger partial charge in [0.25, 0.3) is 0 Å². The van der Waals surface area contributed by atoms with Gasteiger partial charge in [-0.1, -0.05) is 20.3 Å². The first-order chi connectivity index (χ1) is 9.92. The summed E-state index contributed by atoms with van der Waals surface area (Å²) in [5.41, 5.74) is -0.724. The van der Waals surface area contributed by atoms with Crippen LogP contribution in [-0.2, 0) is 14.4 Å². The molecule has 120 valence electrons. The highest BCUT2D eigenvalue weighted by molar-refractivity contribution is 5.85. The van der Waals surface area contributed by atoms with E-state index in [1.54, 1.807) is 4.90 Å². The number of carboxylic acid groups (broad SMARTS) is 1. The third-order valence-corrected chi connectivity index (χ3v) is 4.25. The fraction of sp³-hybridized carbons (Fsp3) is 0.800. The summed E-state index contributed by atoms with van der Waals surface area (Å²) in [7, 11) is 0. The lowest BCUT2D eigenvalue weighted by molar-refractivity contribution is -0.140. The van der Waals surface area contributed by atoms with Crippen molar-refractivity contribution in [1.82, 2.24) is 10.2 Å². The first kappa shape index (κ1) is 17.5. The minimum absolute atomic E-state index is 0.0134. The van der Waals surface area contributed by atoms with Crippen molar-refractivity contribution < 1.29 is 19.5 Å². The van der Waals surface area contributed by atoms with E-state index in [2.05, 4.69) is 5.32 Å². The maximum atomic E-state index is 12.2. The maximum absolute atomic E-state index is 12.2. The zero-order chi connectivity index (χ0) is 15.9. The highest BCUT2D eigenvalue weighted by Crippen LogP contribution is 2.20. The fourth-order valence-corrected chi connectivity index (χ4v) is 2.72. The predicted octanol–water partition coefficient (Wildman–Crippen LogP) is 1.54. The molecule has 0 spiro atoms. The van der Waals surface area contributed by atoms with E-state index < -0.39 is 11.5 Å². The molecule has 1 aliphatic rings. The van der Waals surface area contributed by atoms with Gasteiger partial charge in [0, 0.05) is 13.0 Å². The number of carbonyl (C=O) groups excluding carboxylic acids is 2. The number of nitrogens with zero attached hydrogens (tertiary/aromatic N) is 1. The van der Waals surface area contributed by atoms with E-state index in [1.165, 1.54) is 0 Å². The maximum Gasteiger partial charge on any atom is 0.305 e. The van der Waals surface area contributed by atoms with Gasteiger partial charge in [-0.2, -0.15) is 0 Å². The van der Waals surface area contributed by atoms with E-state index in [0.29, 0.717) is 25.8 Å². The number of carboxylic acids is 1. The van der Waals surface area contributed by atoms with E-state index in [-0.39, 0.29) is 24.8 Å².